The number of carboxylic acid groups (broad SMARTS) is 1. The van der Waals surface area contributed by atoms with E-state index in [4.69, 9.17) is 20.9 Å². The van der Waals surface area contributed by atoms with Crippen molar-refractivity contribution in [3.05, 3.63) is 0 Å². The first kappa shape index (κ1) is 29.4. The smallest absolute Gasteiger partial charge is 0.244 e. The van der Waals surface area contributed by atoms with Crippen LogP contribution < -0.4 is 5.11 Å². The zero-order chi connectivity index (χ0) is 22.2. The van der Waals surface area contributed by atoms with Gasteiger partial charge in [0, 0.05) is 12.4 Å². The van der Waals surface area contributed by atoms with Crippen LogP contribution in [0.1, 0.15) is 90.4 Å². The van der Waals surface area contributed by atoms with Crippen LogP contribution in [0.3, 0.4) is 0 Å². The van der Waals surface area contributed by atoms with E-state index in [0.29, 0.717) is 17.6 Å². The van der Waals surface area contributed by atoms with Crippen molar-refractivity contribution in [3.8, 4) is 0 Å². The first-order chi connectivity index (χ1) is 13.6. The predicted molar refractivity (Wildman–Crippen MR) is 128 cm³/mol. The summed E-state index contributed by atoms with van der Waals surface area (Å²) in [5, 5.41) is 11.0. The van der Waals surface area contributed by atoms with E-state index in [1.54, 1.807) is 0 Å². The van der Waals surface area contributed by atoms with Crippen molar-refractivity contribution < 1.29 is 23.4 Å². The predicted octanol–water partition coefficient (Wildman–Crippen LogP) is 5.09. The molecule has 0 aliphatic rings. The minimum absolute atomic E-state index is 0.198. The summed E-state index contributed by atoms with van der Waals surface area (Å²) in [6.45, 7) is 3.28. The van der Waals surface area contributed by atoms with E-state index in [-0.39, 0.29) is 6.42 Å². The van der Waals surface area contributed by atoms with Gasteiger partial charge in [-0.15, -0.1) is 0 Å². The van der Waals surface area contributed by atoms with Crippen LogP contribution in [0.5, 0.6) is 0 Å². The summed E-state index contributed by atoms with van der Waals surface area (Å²) >= 11 is 9.73. The van der Waals surface area contributed by atoms with Crippen molar-refractivity contribution in [2.24, 2.45) is 0 Å². The van der Waals surface area contributed by atoms with Crippen LogP contribution in [0.25, 0.3) is 0 Å². The van der Waals surface area contributed by atoms with Gasteiger partial charge in [-0.2, -0.15) is 0 Å². The minimum atomic E-state index is -2.75. The maximum Gasteiger partial charge on any atom is 0.244 e. The molecule has 1 unspecified atom stereocenters. The van der Waals surface area contributed by atoms with Crippen molar-refractivity contribution in [2.75, 3.05) is 34.3 Å². The van der Waals surface area contributed by atoms with Gasteiger partial charge in [0.15, 0.2) is 0 Å². The second kappa shape index (κ2) is 17.0. The highest BCUT2D eigenvalue weighted by Crippen LogP contribution is 2.54. The van der Waals surface area contributed by atoms with E-state index >= 15 is 0 Å². The Kier molecular flexibility index (Phi) is 17.2. The summed E-state index contributed by atoms with van der Waals surface area (Å²) < 4.78 is 12.0. The number of rotatable bonds is 20. The molecule has 0 heterocycles. The van der Waals surface area contributed by atoms with Crippen LogP contribution in [0, 0.1) is 0 Å². The lowest BCUT2D eigenvalue weighted by atomic mass is 10.1. The lowest BCUT2D eigenvalue weighted by Gasteiger charge is -2.31. The molecule has 0 aliphatic heterocycles. The average molecular weight is 470 g/mol. The molecular weight excluding hydrogens is 425 g/mol. The van der Waals surface area contributed by atoms with Gasteiger partial charge in [-0.25, -0.2) is 0 Å². The van der Waals surface area contributed by atoms with Crippen LogP contribution in [0.4, 0.5) is 0 Å². The van der Waals surface area contributed by atoms with Crippen molar-refractivity contribution in [1.82, 2.24) is 0 Å². The highest BCUT2D eigenvalue weighted by Gasteiger charge is 2.25. The normalized spacial score (nSPS) is 15.2. The van der Waals surface area contributed by atoms with Gasteiger partial charge >= 0.3 is 0 Å². The quantitative estimate of drug-likeness (QED) is 0.116. The fourth-order valence-electron chi connectivity index (χ4n) is 3.27. The minimum Gasteiger partial charge on any atom is -0.550 e. The molecule has 0 aromatic carbocycles. The monoisotopic (exact) mass is 469 g/mol. The molecule has 0 aromatic heterocycles. The second-order valence-electron chi connectivity index (χ2n) is 8.97. The van der Waals surface area contributed by atoms with E-state index in [2.05, 4.69) is 19.2 Å². The highest BCUT2D eigenvalue weighted by molar-refractivity contribution is 8.60. The zero-order valence-corrected chi connectivity index (χ0v) is 21.7. The van der Waals surface area contributed by atoms with Gasteiger partial charge in [-0.05, 0) is 18.2 Å². The third kappa shape index (κ3) is 21.4. The molecule has 0 saturated heterocycles. The molecule has 2 atom stereocenters. The third-order valence-electron chi connectivity index (χ3n) is 4.68. The number of hydrogen-bond acceptors (Lipinski definition) is 5. The van der Waals surface area contributed by atoms with E-state index in [1.807, 2.05) is 21.1 Å². The van der Waals surface area contributed by atoms with Crippen LogP contribution in [0.2, 0.25) is 0 Å². The largest absolute Gasteiger partial charge is 0.550 e. The molecule has 0 aliphatic carbocycles. The lowest BCUT2D eigenvalue weighted by molar-refractivity contribution is -0.873. The lowest BCUT2D eigenvalue weighted by Crippen LogP contribution is -2.44. The number of nitrogens with zero attached hydrogens (tertiary/aromatic N) is 1. The van der Waals surface area contributed by atoms with Crippen molar-refractivity contribution in [1.29, 1.82) is 0 Å². The number of hydrogen-bond donors (Lipinski definition) is 1. The first-order valence-corrected chi connectivity index (χ1v) is 15.0. The molecule has 5 nitrogen and oxygen atoms in total. The van der Waals surface area contributed by atoms with Crippen LogP contribution >= 0.6 is 17.9 Å². The number of carbonyl (C=O) groups excluding carboxylic acids is 1. The van der Waals surface area contributed by atoms with Gasteiger partial charge in [0.05, 0.1) is 27.7 Å². The van der Waals surface area contributed by atoms with Crippen LogP contribution in [0.15, 0.2) is 0 Å². The van der Waals surface area contributed by atoms with Gasteiger partial charge in [-0.1, -0.05) is 89.8 Å². The number of carbonyl (C=O) groups is 1. The third-order valence-corrected chi connectivity index (χ3v) is 6.96. The Morgan fingerprint density at radius 3 is 1.83 bits per heavy atom. The van der Waals surface area contributed by atoms with Crippen molar-refractivity contribution in [3.63, 3.8) is 0 Å². The second-order valence-corrected chi connectivity index (χ2v) is 14.2. The Morgan fingerprint density at radius 1 is 0.966 bits per heavy atom. The molecule has 0 N–H and O–H groups in total. The molecule has 29 heavy (non-hydrogen) atoms. The van der Waals surface area contributed by atoms with Gasteiger partial charge in [0.2, 0.25) is 5.69 Å². The highest BCUT2D eigenvalue weighted by atomic mass is 32.9. The maximum absolute atomic E-state index is 11.0. The van der Waals surface area contributed by atoms with Crippen LogP contribution in [-0.2, 0) is 25.6 Å². The van der Waals surface area contributed by atoms with Gasteiger partial charge in [0.1, 0.15) is 12.6 Å². The Labute approximate surface area is 189 Å². The van der Waals surface area contributed by atoms with E-state index in [9.17, 15) is 9.90 Å². The molecule has 174 valence electrons. The molecule has 0 radical (unpaired) electrons. The Balaban J connectivity index is 3.82. The number of thiol groups is 1. The number of likely N-dealkylation sites (N-methyl/N-ethyl adjacent to an activating group) is 1. The van der Waals surface area contributed by atoms with E-state index in [1.165, 1.54) is 64.2 Å². The SMILES string of the molecule is CCCCCCCCCCCCCCOP(=S)(S)O[C@H](CC(=O)[O-])C[N+](C)(C)C. The topological polar surface area (TPSA) is 58.6 Å². The first-order valence-electron chi connectivity index (χ1n) is 11.2. The van der Waals surface area contributed by atoms with Gasteiger partial charge < -0.3 is 23.4 Å². The molecule has 0 saturated carbocycles. The molecule has 0 fully saturated rings. The summed E-state index contributed by atoms with van der Waals surface area (Å²) in [5.74, 6) is -1.15. The Hall–Kier alpha value is 0.350. The fraction of sp³-hybridized carbons (Fsp3) is 0.952. The molecule has 8 heteroatoms. The van der Waals surface area contributed by atoms with Crippen molar-refractivity contribution >= 4 is 35.7 Å². The summed E-state index contributed by atoms with van der Waals surface area (Å²) in [6.07, 6.45) is 14.7. The number of unbranched alkanes of at least 4 members (excludes halogenated alkanes) is 11. The average Bonchev–Trinajstić information content (AvgIpc) is 2.56. The molecule has 0 spiro atoms. The van der Waals surface area contributed by atoms with E-state index in [0.717, 1.165) is 12.8 Å². The summed E-state index contributed by atoms with van der Waals surface area (Å²) in [6, 6.07) is 0. The Morgan fingerprint density at radius 2 is 1.41 bits per heavy atom. The standard InChI is InChI=1S/C21H44NO4PS2/c1-5-6-7-8-9-10-11-12-13-14-15-16-17-25-27(28,29)26-20(18-21(23)24)19-22(2,3)4/h20H,5-19H2,1-4H3,(H-,23,24,28,29)/t20-/m1/s1. The van der Waals surface area contributed by atoms with Gasteiger partial charge in [-0.3, -0.25) is 0 Å². The summed E-state index contributed by atoms with van der Waals surface area (Å²) in [4.78, 5) is 11.0. The molecule has 0 aromatic rings. The summed E-state index contributed by atoms with van der Waals surface area (Å²) in [5.41, 5.74) is -2.75. The molecular formula is C21H44NO4PS2. The molecule has 0 rings (SSSR count). The fourth-order valence-corrected chi connectivity index (χ4v) is 5.45. The van der Waals surface area contributed by atoms with Gasteiger partial charge in [0.25, 0.3) is 0 Å². The molecule has 0 bridgehead atoms. The number of aliphatic carboxylic acids is 1. The van der Waals surface area contributed by atoms with E-state index < -0.39 is 17.8 Å². The number of carboxylic acids is 1. The zero-order valence-electron chi connectivity index (χ0n) is 19.1. The summed E-state index contributed by atoms with van der Waals surface area (Å²) in [7, 11) is 5.92. The Bertz CT molecular complexity index is 472. The van der Waals surface area contributed by atoms with Crippen molar-refractivity contribution in [2.45, 2.75) is 96.5 Å². The number of quaternary nitrogens is 1. The molecule has 0 amide bonds. The van der Waals surface area contributed by atoms with Crippen LogP contribution in [-0.4, -0.2) is 50.9 Å². The maximum atomic E-state index is 11.0.